The van der Waals surface area contributed by atoms with Crippen molar-refractivity contribution in [3.63, 3.8) is 0 Å². The van der Waals surface area contributed by atoms with Crippen molar-refractivity contribution in [3.8, 4) is 0 Å². The number of hydrogen-bond acceptors (Lipinski definition) is 4. The lowest BCUT2D eigenvalue weighted by molar-refractivity contribution is 0.574. The van der Waals surface area contributed by atoms with E-state index >= 15 is 0 Å². The SMILES string of the molecule is Fc1cc(N2CCN(c3cccc(Cl)c3)CC2)ncn1. The van der Waals surface area contributed by atoms with Crippen LogP contribution in [0.25, 0.3) is 0 Å². The summed E-state index contributed by atoms with van der Waals surface area (Å²) in [5.74, 6) is 0.149. The fourth-order valence-electron chi connectivity index (χ4n) is 2.36. The number of anilines is 2. The molecule has 0 radical (unpaired) electrons. The minimum Gasteiger partial charge on any atom is -0.368 e. The van der Waals surface area contributed by atoms with E-state index in [1.165, 1.54) is 12.4 Å². The molecule has 1 aliphatic heterocycles. The largest absolute Gasteiger partial charge is 0.368 e. The molecule has 0 atom stereocenters. The number of halogens is 2. The topological polar surface area (TPSA) is 32.3 Å². The molecule has 0 saturated carbocycles. The maximum Gasteiger partial charge on any atom is 0.218 e. The van der Waals surface area contributed by atoms with E-state index < -0.39 is 5.95 Å². The average Bonchev–Trinajstić information content (AvgIpc) is 2.47. The Labute approximate surface area is 121 Å². The minimum absolute atomic E-state index is 0.493. The van der Waals surface area contributed by atoms with Crippen LogP contribution in [0.3, 0.4) is 0 Å². The third kappa shape index (κ3) is 2.82. The molecule has 6 heteroatoms. The molecule has 1 aromatic carbocycles. The van der Waals surface area contributed by atoms with Gasteiger partial charge in [0.1, 0.15) is 12.1 Å². The number of aromatic nitrogens is 2. The van der Waals surface area contributed by atoms with Gasteiger partial charge < -0.3 is 9.80 Å². The van der Waals surface area contributed by atoms with E-state index in [1.807, 2.05) is 24.3 Å². The molecule has 1 saturated heterocycles. The van der Waals surface area contributed by atoms with E-state index in [9.17, 15) is 4.39 Å². The fourth-order valence-corrected chi connectivity index (χ4v) is 2.55. The maximum atomic E-state index is 13.1. The fraction of sp³-hybridized carbons (Fsp3) is 0.286. The van der Waals surface area contributed by atoms with E-state index in [0.717, 1.165) is 36.9 Å². The monoisotopic (exact) mass is 292 g/mol. The summed E-state index contributed by atoms with van der Waals surface area (Å²) in [4.78, 5) is 11.9. The first kappa shape index (κ1) is 13.1. The van der Waals surface area contributed by atoms with Crippen molar-refractivity contribution in [2.24, 2.45) is 0 Å². The summed E-state index contributed by atoms with van der Waals surface area (Å²) >= 11 is 6.01. The van der Waals surface area contributed by atoms with Gasteiger partial charge in [-0.05, 0) is 18.2 Å². The molecule has 0 unspecified atom stereocenters. The van der Waals surface area contributed by atoms with Crippen LogP contribution in [0.2, 0.25) is 5.02 Å². The van der Waals surface area contributed by atoms with Gasteiger partial charge >= 0.3 is 0 Å². The Morgan fingerprint density at radius 1 is 1.00 bits per heavy atom. The van der Waals surface area contributed by atoms with Gasteiger partial charge in [0.2, 0.25) is 5.95 Å². The third-order valence-corrected chi connectivity index (χ3v) is 3.63. The Hall–Kier alpha value is -1.88. The molecule has 0 bridgehead atoms. The van der Waals surface area contributed by atoms with Crippen molar-refractivity contribution in [1.82, 2.24) is 9.97 Å². The lowest BCUT2D eigenvalue weighted by atomic mass is 10.2. The quantitative estimate of drug-likeness (QED) is 0.797. The summed E-state index contributed by atoms with van der Waals surface area (Å²) in [6.45, 7) is 3.30. The van der Waals surface area contributed by atoms with E-state index in [0.29, 0.717) is 5.82 Å². The summed E-state index contributed by atoms with van der Waals surface area (Å²) < 4.78 is 13.1. The molecule has 1 aliphatic rings. The average molecular weight is 293 g/mol. The second kappa shape index (κ2) is 5.63. The van der Waals surface area contributed by atoms with E-state index in [2.05, 4.69) is 19.8 Å². The maximum absolute atomic E-state index is 13.1. The zero-order valence-electron chi connectivity index (χ0n) is 10.8. The van der Waals surface area contributed by atoms with Gasteiger partial charge in [-0.3, -0.25) is 0 Å². The van der Waals surface area contributed by atoms with Crippen LogP contribution in [0.1, 0.15) is 0 Å². The molecule has 104 valence electrons. The Balaban J connectivity index is 1.68. The highest BCUT2D eigenvalue weighted by Gasteiger charge is 2.18. The van der Waals surface area contributed by atoms with Crippen LogP contribution in [0.4, 0.5) is 15.9 Å². The van der Waals surface area contributed by atoms with Gasteiger partial charge in [0.15, 0.2) is 0 Å². The van der Waals surface area contributed by atoms with Gasteiger partial charge in [0.25, 0.3) is 0 Å². The van der Waals surface area contributed by atoms with Gasteiger partial charge in [-0.15, -0.1) is 0 Å². The summed E-state index contributed by atoms with van der Waals surface area (Å²) in [6.07, 6.45) is 1.26. The Morgan fingerprint density at radius 2 is 1.75 bits per heavy atom. The van der Waals surface area contributed by atoms with Crippen LogP contribution in [0, 0.1) is 5.95 Å². The Morgan fingerprint density at radius 3 is 2.45 bits per heavy atom. The zero-order valence-corrected chi connectivity index (χ0v) is 11.6. The molecule has 2 heterocycles. The molecular formula is C14H14ClFN4. The van der Waals surface area contributed by atoms with Crippen LogP contribution in [-0.4, -0.2) is 36.1 Å². The predicted molar refractivity (Wildman–Crippen MR) is 77.9 cm³/mol. The Bertz CT molecular complexity index is 546. The van der Waals surface area contributed by atoms with E-state index in [-0.39, 0.29) is 0 Å². The van der Waals surface area contributed by atoms with Crippen LogP contribution >= 0.6 is 11.6 Å². The number of hydrogen-bond donors (Lipinski definition) is 0. The molecule has 0 N–H and O–H groups in total. The van der Waals surface area contributed by atoms with Gasteiger partial charge in [-0.2, -0.15) is 4.39 Å². The normalized spacial score (nSPS) is 15.5. The number of benzene rings is 1. The molecule has 3 rings (SSSR count). The highest BCUT2D eigenvalue weighted by atomic mass is 35.5. The highest BCUT2D eigenvalue weighted by Crippen LogP contribution is 2.22. The summed E-state index contributed by atoms with van der Waals surface area (Å²) in [5.41, 5.74) is 1.12. The second-order valence-electron chi connectivity index (χ2n) is 4.65. The van der Waals surface area contributed by atoms with Gasteiger partial charge in [-0.1, -0.05) is 17.7 Å². The van der Waals surface area contributed by atoms with Crippen LogP contribution in [-0.2, 0) is 0 Å². The summed E-state index contributed by atoms with van der Waals surface area (Å²) in [6, 6.07) is 9.19. The summed E-state index contributed by atoms with van der Waals surface area (Å²) in [7, 11) is 0. The summed E-state index contributed by atoms with van der Waals surface area (Å²) in [5, 5.41) is 0.739. The number of rotatable bonds is 2. The van der Waals surface area contributed by atoms with Gasteiger partial charge in [0.05, 0.1) is 0 Å². The molecule has 20 heavy (non-hydrogen) atoms. The van der Waals surface area contributed by atoms with Crippen LogP contribution in [0.15, 0.2) is 36.7 Å². The smallest absolute Gasteiger partial charge is 0.218 e. The molecule has 1 aromatic heterocycles. The predicted octanol–water partition coefficient (Wildman–Crippen LogP) is 2.60. The highest BCUT2D eigenvalue weighted by molar-refractivity contribution is 6.30. The molecule has 2 aromatic rings. The van der Waals surface area contributed by atoms with Crippen LogP contribution < -0.4 is 9.80 Å². The van der Waals surface area contributed by atoms with Crippen molar-refractivity contribution in [2.45, 2.75) is 0 Å². The molecule has 4 nitrogen and oxygen atoms in total. The van der Waals surface area contributed by atoms with Crippen molar-refractivity contribution >= 4 is 23.1 Å². The second-order valence-corrected chi connectivity index (χ2v) is 5.09. The van der Waals surface area contributed by atoms with Crippen molar-refractivity contribution in [1.29, 1.82) is 0 Å². The number of nitrogens with zero attached hydrogens (tertiary/aromatic N) is 4. The zero-order chi connectivity index (χ0) is 13.9. The molecular weight excluding hydrogens is 279 g/mol. The minimum atomic E-state index is -0.493. The molecule has 0 spiro atoms. The first-order chi connectivity index (χ1) is 9.72. The standard InChI is InChI=1S/C14H14ClFN4/c15-11-2-1-3-12(8-11)19-4-6-20(7-5-19)14-9-13(16)17-10-18-14/h1-3,8-10H,4-7H2. The first-order valence-electron chi connectivity index (χ1n) is 6.45. The van der Waals surface area contributed by atoms with Gasteiger partial charge in [-0.25, -0.2) is 9.97 Å². The van der Waals surface area contributed by atoms with Gasteiger partial charge in [0, 0.05) is 43.0 Å². The lowest BCUT2D eigenvalue weighted by Crippen LogP contribution is -2.46. The molecule has 1 fully saturated rings. The molecule has 0 aliphatic carbocycles. The molecule has 0 amide bonds. The van der Waals surface area contributed by atoms with Crippen LogP contribution in [0.5, 0.6) is 0 Å². The lowest BCUT2D eigenvalue weighted by Gasteiger charge is -2.36. The first-order valence-corrected chi connectivity index (χ1v) is 6.83. The van der Waals surface area contributed by atoms with Crippen molar-refractivity contribution in [2.75, 3.05) is 36.0 Å². The van der Waals surface area contributed by atoms with Crippen molar-refractivity contribution < 1.29 is 4.39 Å². The van der Waals surface area contributed by atoms with E-state index in [4.69, 9.17) is 11.6 Å². The Kier molecular flexibility index (Phi) is 3.69. The third-order valence-electron chi connectivity index (χ3n) is 3.40. The number of piperazine rings is 1. The van der Waals surface area contributed by atoms with Crippen molar-refractivity contribution in [3.05, 3.63) is 47.6 Å². The van der Waals surface area contributed by atoms with E-state index in [1.54, 1.807) is 0 Å².